The molecule has 0 aromatic heterocycles. The van der Waals surface area contributed by atoms with Crippen LogP contribution in [0, 0.1) is 0 Å². The molecule has 1 N–H and O–H groups in total. The quantitative estimate of drug-likeness (QED) is 0.515. The van der Waals surface area contributed by atoms with Crippen molar-refractivity contribution >= 4 is 32.5 Å². The maximum Gasteiger partial charge on any atom is 0.345 e. The van der Waals surface area contributed by atoms with Crippen molar-refractivity contribution in [2.24, 2.45) is 0 Å². The second-order valence-corrected chi connectivity index (χ2v) is 7.66. The number of hydrogen-bond donors (Lipinski definition) is 1. The molecular formula is C20H19NO5S. The van der Waals surface area contributed by atoms with Gasteiger partial charge < -0.3 is 9.47 Å². The van der Waals surface area contributed by atoms with Crippen molar-refractivity contribution in [3.05, 3.63) is 66.2 Å². The van der Waals surface area contributed by atoms with Crippen molar-refractivity contribution in [2.75, 3.05) is 17.6 Å². The van der Waals surface area contributed by atoms with E-state index >= 15 is 0 Å². The van der Waals surface area contributed by atoms with Crippen molar-refractivity contribution in [3.63, 3.8) is 0 Å². The van der Waals surface area contributed by atoms with Crippen LogP contribution in [0.4, 0.5) is 5.69 Å². The van der Waals surface area contributed by atoms with Crippen molar-refractivity contribution in [1.29, 1.82) is 0 Å². The van der Waals surface area contributed by atoms with Crippen LogP contribution >= 0.6 is 0 Å². The van der Waals surface area contributed by atoms with Crippen molar-refractivity contribution in [2.45, 2.75) is 6.92 Å². The summed E-state index contributed by atoms with van der Waals surface area (Å²) in [5.74, 6) is 0.348. The lowest BCUT2D eigenvalue weighted by Crippen LogP contribution is -2.16. The normalized spacial score (nSPS) is 11.2. The zero-order valence-corrected chi connectivity index (χ0v) is 15.7. The number of hydrogen-bond acceptors (Lipinski definition) is 5. The topological polar surface area (TPSA) is 81.7 Å². The van der Waals surface area contributed by atoms with Crippen LogP contribution < -0.4 is 14.2 Å². The van der Waals surface area contributed by atoms with Crippen molar-refractivity contribution < 1.29 is 22.7 Å². The summed E-state index contributed by atoms with van der Waals surface area (Å²) in [5, 5.41) is 1.61. The molecule has 0 aliphatic heterocycles. The van der Waals surface area contributed by atoms with E-state index in [1.165, 1.54) is 0 Å². The fourth-order valence-corrected chi connectivity index (χ4v) is 3.19. The lowest BCUT2D eigenvalue weighted by molar-refractivity contribution is 0.0736. The van der Waals surface area contributed by atoms with Gasteiger partial charge in [-0.05, 0) is 54.1 Å². The second kappa shape index (κ2) is 7.67. The molecule has 0 unspecified atom stereocenters. The van der Waals surface area contributed by atoms with Crippen LogP contribution in [0.3, 0.4) is 0 Å². The fourth-order valence-electron chi connectivity index (χ4n) is 2.63. The Morgan fingerprint density at radius 1 is 0.963 bits per heavy atom. The Morgan fingerprint density at radius 3 is 2.15 bits per heavy atom. The van der Waals surface area contributed by atoms with Crippen LogP contribution in [0.1, 0.15) is 17.3 Å². The zero-order chi connectivity index (χ0) is 19.4. The van der Waals surface area contributed by atoms with Crippen LogP contribution in [0.15, 0.2) is 60.7 Å². The molecule has 0 aliphatic rings. The molecule has 140 valence electrons. The number of nitrogens with one attached hydrogen (secondary N) is 1. The highest BCUT2D eigenvalue weighted by Gasteiger charge is 2.17. The zero-order valence-electron chi connectivity index (χ0n) is 14.9. The third kappa shape index (κ3) is 4.77. The van der Waals surface area contributed by atoms with Crippen LogP contribution in [0.2, 0.25) is 0 Å². The summed E-state index contributed by atoms with van der Waals surface area (Å²) >= 11 is 0. The molecule has 0 aliphatic carbocycles. The third-order valence-corrected chi connectivity index (χ3v) is 4.34. The van der Waals surface area contributed by atoms with E-state index in [4.69, 9.17) is 9.47 Å². The molecule has 0 atom stereocenters. The molecule has 6 nitrogen and oxygen atoms in total. The van der Waals surface area contributed by atoms with Gasteiger partial charge in [0, 0.05) is 0 Å². The summed E-state index contributed by atoms with van der Waals surface area (Å²) < 4.78 is 36.5. The molecular weight excluding hydrogens is 366 g/mol. The minimum absolute atomic E-state index is 0.132. The highest BCUT2D eigenvalue weighted by molar-refractivity contribution is 7.92. The molecule has 3 aromatic carbocycles. The fraction of sp³-hybridized carbons (Fsp3) is 0.150. The predicted molar refractivity (Wildman–Crippen MR) is 105 cm³/mol. The first kappa shape index (κ1) is 18.7. The van der Waals surface area contributed by atoms with Crippen molar-refractivity contribution in [3.8, 4) is 11.5 Å². The molecule has 0 saturated carbocycles. The van der Waals surface area contributed by atoms with Crippen LogP contribution in [0.25, 0.3) is 10.8 Å². The monoisotopic (exact) mass is 385 g/mol. The third-order valence-electron chi connectivity index (χ3n) is 3.75. The van der Waals surface area contributed by atoms with E-state index in [1.54, 1.807) is 36.4 Å². The summed E-state index contributed by atoms with van der Waals surface area (Å²) in [6, 6.07) is 17.2. The summed E-state index contributed by atoms with van der Waals surface area (Å²) in [5.41, 5.74) is 0.306. The number of rotatable bonds is 6. The van der Waals surface area contributed by atoms with Crippen LogP contribution in [-0.2, 0) is 10.0 Å². The van der Waals surface area contributed by atoms with Crippen molar-refractivity contribution in [1.82, 2.24) is 0 Å². The number of carbonyl (C=O) groups is 1. The number of fused-ring (bicyclic) bond motifs is 1. The lowest BCUT2D eigenvalue weighted by atomic mass is 10.1. The largest absolute Gasteiger partial charge is 0.494 e. The highest BCUT2D eigenvalue weighted by Crippen LogP contribution is 2.27. The average molecular weight is 385 g/mol. The van der Waals surface area contributed by atoms with Gasteiger partial charge in [0.2, 0.25) is 10.0 Å². The molecule has 0 bridgehead atoms. The van der Waals surface area contributed by atoms with Gasteiger partial charge in [-0.3, -0.25) is 4.72 Å². The van der Waals surface area contributed by atoms with E-state index in [-0.39, 0.29) is 11.3 Å². The van der Waals surface area contributed by atoms with Gasteiger partial charge in [0.25, 0.3) is 0 Å². The van der Waals surface area contributed by atoms with Gasteiger partial charge in [-0.2, -0.15) is 0 Å². The number of anilines is 1. The number of ether oxygens (including phenoxy) is 2. The SMILES string of the molecule is CCOc1ccc(OC(=O)c2cc3ccccc3cc2NS(C)(=O)=O)cc1. The smallest absolute Gasteiger partial charge is 0.345 e. The molecule has 0 spiro atoms. The summed E-state index contributed by atoms with van der Waals surface area (Å²) in [7, 11) is -3.56. The molecule has 0 saturated heterocycles. The van der Waals surface area contributed by atoms with Crippen LogP contribution in [0.5, 0.6) is 11.5 Å². The molecule has 7 heteroatoms. The Morgan fingerprint density at radius 2 is 1.56 bits per heavy atom. The number of carbonyl (C=O) groups excluding carboxylic acids is 1. The van der Waals surface area contributed by atoms with E-state index in [0.29, 0.717) is 18.1 Å². The minimum atomic E-state index is -3.56. The minimum Gasteiger partial charge on any atom is -0.494 e. The first-order valence-corrected chi connectivity index (χ1v) is 10.2. The van der Waals surface area contributed by atoms with E-state index in [0.717, 1.165) is 17.0 Å². The second-order valence-electron chi connectivity index (χ2n) is 5.91. The van der Waals surface area contributed by atoms with Gasteiger partial charge in [-0.25, -0.2) is 13.2 Å². The first-order chi connectivity index (χ1) is 12.9. The van der Waals surface area contributed by atoms with Gasteiger partial charge in [0.05, 0.1) is 24.1 Å². The first-order valence-electron chi connectivity index (χ1n) is 8.31. The predicted octanol–water partition coefficient (Wildman–Crippen LogP) is 3.83. The molecule has 0 amide bonds. The summed E-state index contributed by atoms with van der Waals surface area (Å²) in [6.45, 7) is 2.42. The Labute approximate surface area is 157 Å². The number of benzene rings is 3. The Kier molecular flexibility index (Phi) is 5.32. The van der Waals surface area contributed by atoms with Gasteiger partial charge in [-0.15, -0.1) is 0 Å². The summed E-state index contributed by atoms with van der Waals surface area (Å²) in [4.78, 5) is 12.7. The van der Waals surface area contributed by atoms with E-state index < -0.39 is 16.0 Å². The molecule has 0 radical (unpaired) electrons. The van der Waals surface area contributed by atoms with Gasteiger partial charge >= 0.3 is 5.97 Å². The Bertz CT molecular complexity index is 1080. The number of sulfonamides is 1. The Balaban J connectivity index is 1.95. The molecule has 0 heterocycles. The number of esters is 1. The average Bonchev–Trinajstić information content (AvgIpc) is 2.61. The highest BCUT2D eigenvalue weighted by atomic mass is 32.2. The Hall–Kier alpha value is -3.06. The maximum absolute atomic E-state index is 12.7. The van der Waals surface area contributed by atoms with Crippen LogP contribution in [-0.4, -0.2) is 27.2 Å². The standard InChI is InChI=1S/C20H19NO5S/c1-3-25-16-8-10-17(11-9-16)26-20(22)18-12-14-6-4-5-7-15(14)13-19(18)21-27(2,23)24/h4-13,21H,3H2,1-2H3. The van der Waals surface area contributed by atoms with E-state index in [2.05, 4.69) is 4.72 Å². The van der Waals surface area contributed by atoms with E-state index in [9.17, 15) is 13.2 Å². The van der Waals surface area contributed by atoms with E-state index in [1.807, 2.05) is 31.2 Å². The van der Waals surface area contributed by atoms with Gasteiger partial charge in [0.15, 0.2) is 0 Å². The van der Waals surface area contributed by atoms with Gasteiger partial charge in [-0.1, -0.05) is 24.3 Å². The summed E-state index contributed by atoms with van der Waals surface area (Å²) in [6.07, 6.45) is 1.03. The van der Waals surface area contributed by atoms with Gasteiger partial charge in [0.1, 0.15) is 11.5 Å². The maximum atomic E-state index is 12.7. The molecule has 27 heavy (non-hydrogen) atoms. The molecule has 3 rings (SSSR count). The molecule has 0 fully saturated rings. The molecule has 3 aromatic rings. The lowest BCUT2D eigenvalue weighted by Gasteiger charge is -2.12.